The summed E-state index contributed by atoms with van der Waals surface area (Å²) in [5.74, 6) is -0.748. The predicted molar refractivity (Wildman–Crippen MR) is 126 cm³/mol. The summed E-state index contributed by atoms with van der Waals surface area (Å²) in [4.78, 5) is 28.5. The van der Waals surface area contributed by atoms with E-state index in [4.69, 9.17) is 4.74 Å². The van der Waals surface area contributed by atoms with E-state index >= 15 is 0 Å². The number of amides is 1. The van der Waals surface area contributed by atoms with E-state index in [0.29, 0.717) is 17.7 Å². The molecule has 2 N–H and O–H groups in total. The molecule has 0 saturated heterocycles. The maximum Gasteiger partial charge on any atom is 0.416 e. The molecule has 3 rings (SSSR count). The number of alkyl carbamates (subject to hydrolysis) is 1. The van der Waals surface area contributed by atoms with E-state index < -0.39 is 52.6 Å². The van der Waals surface area contributed by atoms with Crippen molar-refractivity contribution in [2.24, 2.45) is 0 Å². The summed E-state index contributed by atoms with van der Waals surface area (Å²) in [7, 11) is 0. The Hall–Kier alpha value is -3.76. The summed E-state index contributed by atoms with van der Waals surface area (Å²) in [6, 6.07) is 7.00. The molecule has 0 aliphatic heterocycles. The molecule has 1 atom stereocenters. The standard InChI is InChI=1S/C26H24F6N2O3/c1-24(2,3)37-23(36)34-21(12-16-14-33-20-7-5-4-6-19(16)20)22(35)9-8-15-10-17(25(27,28)29)13-18(11-15)26(30,31)32/h4-11,13-14,21,33H,12H2,1-3H3,(H,34,36)/b9-8+/t21-/m0/s1. The number of ketones is 1. The third-order valence-electron chi connectivity index (χ3n) is 5.18. The van der Waals surface area contributed by atoms with Crippen LogP contribution in [0.25, 0.3) is 17.0 Å². The maximum absolute atomic E-state index is 13.2. The lowest BCUT2D eigenvalue weighted by Gasteiger charge is -2.22. The number of carbonyl (C=O) groups is 2. The van der Waals surface area contributed by atoms with Crippen LogP contribution in [0, 0.1) is 0 Å². The molecule has 0 aliphatic carbocycles. The van der Waals surface area contributed by atoms with Crippen molar-refractivity contribution in [2.75, 3.05) is 0 Å². The SMILES string of the molecule is CC(C)(C)OC(=O)N[C@@H](Cc1c[nH]c2ccccc12)C(=O)/C=C/c1cc(C(F)(F)F)cc(C(F)(F)F)c1. The van der Waals surface area contributed by atoms with Crippen LogP contribution in [0.1, 0.15) is 43.0 Å². The molecule has 5 nitrogen and oxygen atoms in total. The van der Waals surface area contributed by atoms with Crippen molar-refractivity contribution in [1.82, 2.24) is 10.3 Å². The van der Waals surface area contributed by atoms with E-state index in [1.807, 2.05) is 6.07 Å². The van der Waals surface area contributed by atoms with Gasteiger partial charge in [0.2, 0.25) is 0 Å². The Labute approximate surface area is 208 Å². The summed E-state index contributed by atoms with van der Waals surface area (Å²) in [5.41, 5.74) is -2.91. The average molecular weight is 526 g/mol. The largest absolute Gasteiger partial charge is 0.444 e. The molecule has 0 fully saturated rings. The molecule has 0 radical (unpaired) electrons. The van der Waals surface area contributed by atoms with Crippen LogP contribution in [-0.4, -0.2) is 28.5 Å². The molecule has 0 spiro atoms. The molecule has 0 bridgehead atoms. The lowest BCUT2D eigenvalue weighted by atomic mass is 10.00. The minimum Gasteiger partial charge on any atom is -0.444 e. The summed E-state index contributed by atoms with van der Waals surface area (Å²) < 4.78 is 84.2. The van der Waals surface area contributed by atoms with Gasteiger partial charge in [0.05, 0.1) is 17.2 Å². The van der Waals surface area contributed by atoms with Crippen molar-refractivity contribution in [3.05, 3.63) is 77.0 Å². The van der Waals surface area contributed by atoms with Crippen molar-refractivity contribution in [3.8, 4) is 0 Å². The molecule has 0 saturated carbocycles. The number of rotatable bonds is 6. The van der Waals surface area contributed by atoms with Gasteiger partial charge in [-0.15, -0.1) is 0 Å². The number of H-pyrrole nitrogens is 1. The lowest BCUT2D eigenvalue weighted by Crippen LogP contribution is -2.44. The molecular formula is C26H24F6N2O3. The fraction of sp³-hybridized carbons (Fsp3) is 0.308. The Bertz CT molecular complexity index is 1280. The zero-order valence-electron chi connectivity index (χ0n) is 20.1. The van der Waals surface area contributed by atoms with Crippen LogP contribution in [0.5, 0.6) is 0 Å². The Morgan fingerprint density at radius 1 is 0.973 bits per heavy atom. The van der Waals surface area contributed by atoms with Crippen molar-refractivity contribution in [1.29, 1.82) is 0 Å². The fourth-order valence-electron chi connectivity index (χ4n) is 3.56. The van der Waals surface area contributed by atoms with Gasteiger partial charge in [0.1, 0.15) is 5.60 Å². The van der Waals surface area contributed by atoms with Crippen LogP contribution in [0.2, 0.25) is 0 Å². The second kappa shape index (κ2) is 10.3. The van der Waals surface area contributed by atoms with E-state index in [1.165, 1.54) is 0 Å². The van der Waals surface area contributed by atoms with Gasteiger partial charge in [-0.1, -0.05) is 24.3 Å². The van der Waals surface area contributed by atoms with Crippen LogP contribution in [-0.2, 0) is 28.3 Å². The number of carbonyl (C=O) groups excluding carboxylic acids is 2. The van der Waals surface area contributed by atoms with E-state index in [2.05, 4.69) is 10.3 Å². The van der Waals surface area contributed by atoms with Crippen molar-refractivity contribution >= 4 is 28.9 Å². The van der Waals surface area contributed by atoms with Gasteiger partial charge < -0.3 is 15.0 Å². The average Bonchev–Trinajstić information content (AvgIpc) is 3.17. The van der Waals surface area contributed by atoms with E-state index in [0.717, 1.165) is 23.1 Å². The number of aromatic amines is 1. The van der Waals surface area contributed by atoms with Gasteiger partial charge >= 0.3 is 18.4 Å². The minimum atomic E-state index is -5.02. The van der Waals surface area contributed by atoms with Gasteiger partial charge in [-0.3, -0.25) is 4.79 Å². The number of alkyl halides is 6. The Morgan fingerprint density at radius 2 is 1.57 bits per heavy atom. The monoisotopic (exact) mass is 526 g/mol. The third kappa shape index (κ3) is 7.61. The smallest absolute Gasteiger partial charge is 0.416 e. The van der Waals surface area contributed by atoms with Crippen molar-refractivity contribution in [2.45, 2.75) is 51.2 Å². The molecule has 0 unspecified atom stereocenters. The molecule has 2 aromatic carbocycles. The van der Waals surface area contributed by atoms with Gasteiger partial charge in [0.25, 0.3) is 0 Å². The van der Waals surface area contributed by atoms with Crippen LogP contribution >= 0.6 is 0 Å². The zero-order valence-corrected chi connectivity index (χ0v) is 20.1. The van der Waals surface area contributed by atoms with Crippen molar-refractivity contribution in [3.63, 3.8) is 0 Å². The van der Waals surface area contributed by atoms with Crippen LogP contribution < -0.4 is 5.32 Å². The number of hydrogen-bond donors (Lipinski definition) is 2. The van der Waals surface area contributed by atoms with E-state index in [9.17, 15) is 35.9 Å². The second-order valence-corrected chi connectivity index (χ2v) is 9.34. The van der Waals surface area contributed by atoms with Gasteiger partial charge in [-0.05, 0) is 62.2 Å². The zero-order chi connectivity index (χ0) is 27.6. The van der Waals surface area contributed by atoms with Gasteiger partial charge in [-0.2, -0.15) is 26.3 Å². The van der Waals surface area contributed by atoms with Crippen molar-refractivity contribution < 1.29 is 40.7 Å². The molecule has 3 aromatic rings. The minimum absolute atomic E-state index is 0.00301. The summed E-state index contributed by atoms with van der Waals surface area (Å²) in [6.45, 7) is 4.86. The molecular weight excluding hydrogens is 502 g/mol. The Balaban J connectivity index is 1.93. The third-order valence-corrected chi connectivity index (χ3v) is 5.18. The number of halogens is 6. The summed E-state index contributed by atoms with van der Waals surface area (Å²) in [5, 5.41) is 3.23. The maximum atomic E-state index is 13.2. The predicted octanol–water partition coefficient (Wildman–Crippen LogP) is 6.92. The number of fused-ring (bicyclic) bond motifs is 1. The lowest BCUT2D eigenvalue weighted by molar-refractivity contribution is -0.143. The highest BCUT2D eigenvalue weighted by molar-refractivity contribution is 5.99. The Morgan fingerprint density at radius 3 is 2.14 bits per heavy atom. The summed E-state index contributed by atoms with van der Waals surface area (Å²) in [6.07, 6.45) is -7.62. The molecule has 1 heterocycles. The number of hydrogen-bond acceptors (Lipinski definition) is 3. The number of nitrogens with one attached hydrogen (secondary N) is 2. The van der Waals surface area contributed by atoms with Gasteiger partial charge in [0.15, 0.2) is 5.78 Å². The molecule has 1 aromatic heterocycles. The van der Waals surface area contributed by atoms with Gasteiger partial charge in [-0.25, -0.2) is 4.79 Å². The number of para-hydroxylation sites is 1. The first-order valence-electron chi connectivity index (χ1n) is 11.1. The topological polar surface area (TPSA) is 71.2 Å². The highest BCUT2D eigenvalue weighted by atomic mass is 19.4. The molecule has 11 heteroatoms. The van der Waals surface area contributed by atoms with Crippen LogP contribution in [0.3, 0.4) is 0 Å². The molecule has 1 amide bonds. The highest BCUT2D eigenvalue weighted by Gasteiger charge is 2.36. The fourth-order valence-corrected chi connectivity index (χ4v) is 3.56. The number of ether oxygens (including phenoxy) is 1. The first kappa shape index (κ1) is 27.8. The molecule has 198 valence electrons. The second-order valence-electron chi connectivity index (χ2n) is 9.34. The molecule has 37 heavy (non-hydrogen) atoms. The van der Waals surface area contributed by atoms with E-state index in [-0.39, 0.29) is 12.5 Å². The summed E-state index contributed by atoms with van der Waals surface area (Å²) >= 11 is 0. The van der Waals surface area contributed by atoms with Crippen LogP contribution in [0.15, 0.2) is 54.7 Å². The first-order chi connectivity index (χ1) is 17.0. The Kier molecular flexibility index (Phi) is 7.75. The van der Waals surface area contributed by atoms with E-state index in [1.54, 1.807) is 45.2 Å². The quantitative estimate of drug-likeness (QED) is 0.271. The van der Waals surface area contributed by atoms with Gasteiger partial charge in [0, 0.05) is 23.5 Å². The number of benzene rings is 2. The number of aromatic nitrogens is 1. The van der Waals surface area contributed by atoms with Crippen LogP contribution in [0.4, 0.5) is 31.1 Å². The first-order valence-corrected chi connectivity index (χ1v) is 11.1. The highest BCUT2D eigenvalue weighted by Crippen LogP contribution is 2.36. The normalized spacial score (nSPS) is 13.6. The molecule has 0 aliphatic rings.